The van der Waals surface area contributed by atoms with E-state index < -0.39 is 0 Å². The van der Waals surface area contributed by atoms with E-state index in [-0.39, 0.29) is 0 Å². The molecule has 1 aromatic carbocycles. The number of hydrogen-bond donors (Lipinski definition) is 2. The third-order valence-electron chi connectivity index (χ3n) is 4.40. The standard InChI is InChI=1S/C16H20N4/c1-11-4-6-12(7-5-11)13-9-18-16-14-3-2-8-17-15(14)19-20(16)10-13/h4-7,13,18H,2-3,8-10H2,1H3,(H,17,19). The van der Waals surface area contributed by atoms with Crippen molar-refractivity contribution in [2.75, 3.05) is 23.7 Å². The highest BCUT2D eigenvalue weighted by Gasteiger charge is 2.26. The Morgan fingerprint density at radius 1 is 1.20 bits per heavy atom. The van der Waals surface area contributed by atoms with Gasteiger partial charge in [-0.3, -0.25) is 0 Å². The van der Waals surface area contributed by atoms with E-state index in [1.165, 1.54) is 28.9 Å². The number of rotatable bonds is 1. The summed E-state index contributed by atoms with van der Waals surface area (Å²) in [6, 6.07) is 8.88. The van der Waals surface area contributed by atoms with E-state index in [1.54, 1.807) is 0 Å². The second-order valence-corrected chi connectivity index (χ2v) is 5.88. The van der Waals surface area contributed by atoms with Gasteiger partial charge in [-0.2, -0.15) is 5.10 Å². The van der Waals surface area contributed by atoms with Crippen LogP contribution in [0, 0.1) is 6.92 Å². The smallest absolute Gasteiger partial charge is 0.153 e. The van der Waals surface area contributed by atoms with Crippen LogP contribution in [0.1, 0.15) is 29.0 Å². The highest BCUT2D eigenvalue weighted by atomic mass is 15.4. The number of nitrogens with one attached hydrogen (secondary N) is 2. The summed E-state index contributed by atoms with van der Waals surface area (Å²) in [6.45, 7) is 5.15. The van der Waals surface area contributed by atoms with Crippen LogP contribution in [0.4, 0.5) is 11.6 Å². The summed E-state index contributed by atoms with van der Waals surface area (Å²) >= 11 is 0. The Kier molecular flexibility index (Phi) is 2.69. The van der Waals surface area contributed by atoms with Crippen molar-refractivity contribution in [3.63, 3.8) is 0 Å². The Morgan fingerprint density at radius 3 is 2.90 bits per heavy atom. The minimum absolute atomic E-state index is 0.504. The maximum atomic E-state index is 4.73. The van der Waals surface area contributed by atoms with Crippen LogP contribution >= 0.6 is 0 Å². The molecule has 1 unspecified atom stereocenters. The van der Waals surface area contributed by atoms with Gasteiger partial charge in [0.15, 0.2) is 5.82 Å². The molecule has 0 fully saturated rings. The molecule has 0 spiro atoms. The van der Waals surface area contributed by atoms with Crippen molar-refractivity contribution in [1.29, 1.82) is 0 Å². The van der Waals surface area contributed by atoms with Gasteiger partial charge in [-0.1, -0.05) is 29.8 Å². The predicted octanol–water partition coefficient (Wildman–Crippen LogP) is 2.76. The Hall–Kier alpha value is -1.97. The lowest BCUT2D eigenvalue weighted by molar-refractivity contribution is 0.506. The maximum Gasteiger partial charge on any atom is 0.153 e. The van der Waals surface area contributed by atoms with E-state index in [0.29, 0.717) is 5.92 Å². The lowest BCUT2D eigenvalue weighted by atomic mass is 9.96. The van der Waals surface area contributed by atoms with Crippen molar-refractivity contribution in [2.45, 2.75) is 32.2 Å². The molecule has 0 saturated heterocycles. The van der Waals surface area contributed by atoms with Crippen LogP contribution < -0.4 is 10.6 Å². The summed E-state index contributed by atoms with van der Waals surface area (Å²) in [6.07, 6.45) is 2.34. The van der Waals surface area contributed by atoms with Crippen LogP contribution in [-0.4, -0.2) is 22.9 Å². The SMILES string of the molecule is Cc1ccc(C2CNc3c4c(nn3C2)NCCC4)cc1. The summed E-state index contributed by atoms with van der Waals surface area (Å²) in [5.41, 5.74) is 4.09. The van der Waals surface area contributed by atoms with Crippen LogP contribution in [0.2, 0.25) is 0 Å². The molecule has 20 heavy (non-hydrogen) atoms. The molecule has 4 nitrogen and oxygen atoms in total. The fourth-order valence-corrected chi connectivity index (χ4v) is 3.23. The fourth-order valence-electron chi connectivity index (χ4n) is 3.23. The van der Waals surface area contributed by atoms with Gasteiger partial charge in [0.25, 0.3) is 0 Å². The number of benzene rings is 1. The second kappa shape index (κ2) is 4.54. The average molecular weight is 268 g/mol. The second-order valence-electron chi connectivity index (χ2n) is 5.88. The zero-order valence-corrected chi connectivity index (χ0v) is 11.8. The average Bonchev–Trinajstić information content (AvgIpc) is 2.85. The van der Waals surface area contributed by atoms with E-state index in [4.69, 9.17) is 5.10 Å². The summed E-state index contributed by atoms with van der Waals surface area (Å²) in [5, 5.41) is 11.7. The molecule has 2 aliphatic heterocycles. The first-order valence-electron chi connectivity index (χ1n) is 7.45. The van der Waals surface area contributed by atoms with Crippen molar-refractivity contribution in [2.24, 2.45) is 0 Å². The van der Waals surface area contributed by atoms with Crippen LogP contribution in [0.25, 0.3) is 0 Å². The summed E-state index contributed by atoms with van der Waals surface area (Å²) < 4.78 is 2.15. The van der Waals surface area contributed by atoms with Crippen LogP contribution in [0.5, 0.6) is 0 Å². The normalized spacial score (nSPS) is 20.6. The molecule has 4 heteroatoms. The third kappa shape index (κ3) is 1.87. The molecule has 4 rings (SSSR count). The Labute approximate surface area is 119 Å². The fraction of sp³-hybridized carbons (Fsp3) is 0.438. The van der Waals surface area contributed by atoms with Gasteiger partial charge in [0.05, 0.1) is 6.54 Å². The Bertz CT molecular complexity index is 627. The van der Waals surface area contributed by atoms with Crippen molar-refractivity contribution in [3.8, 4) is 0 Å². The van der Waals surface area contributed by atoms with E-state index in [2.05, 4.69) is 46.5 Å². The molecule has 0 bridgehead atoms. The molecule has 104 valence electrons. The Balaban J connectivity index is 1.63. The summed E-state index contributed by atoms with van der Waals surface area (Å²) in [7, 11) is 0. The molecule has 0 saturated carbocycles. The first-order valence-corrected chi connectivity index (χ1v) is 7.45. The number of aryl methyl sites for hydroxylation is 1. The number of fused-ring (bicyclic) bond motifs is 3. The monoisotopic (exact) mass is 268 g/mol. The third-order valence-corrected chi connectivity index (χ3v) is 4.40. The minimum atomic E-state index is 0.504. The number of nitrogens with zero attached hydrogens (tertiary/aromatic N) is 2. The molecule has 0 amide bonds. The van der Waals surface area contributed by atoms with Gasteiger partial charge in [0, 0.05) is 24.6 Å². The molecule has 2 N–H and O–H groups in total. The molecule has 0 aliphatic carbocycles. The largest absolute Gasteiger partial charge is 0.369 e. The van der Waals surface area contributed by atoms with Crippen LogP contribution in [-0.2, 0) is 13.0 Å². The Morgan fingerprint density at radius 2 is 2.05 bits per heavy atom. The molecule has 0 radical (unpaired) electrons. The maximum absolute atomic E-state index is 4.73. The van der Waals surface area contributed by atoms with Gasteiger partial charge in [0.1, 0.15) is 5.82 Å². The lowest BCUT2D eigenvalue weighted by Crippen LogP contribution is -2.26. The van der Waals surface area contributed by atoms with E-state index in [9.17, 15) is 0 Å². The first-order chi connectivity index (χ1) is 9.81. The van der Waals surface area contributed by atoms with E-state index in [1.807, 2.05) is 0 Å². The summed E-state index contributed by atoms with van der Waals surface area (Å²) in [4.78, 5) is 0. The van der Waals surface area contributed by atoms with Gasteiger partial charge in [-0.05, 0) is 25.3 Å². The molecule has 1 atom stereocenters. The van der Waals surface area contributed by atoms with Crippen molar-refractivity contribution in [3.05, 3.63) is 41.0 Å². The van der Waals surface area contributed by atoms with Crippen LogP contribution in [0.15, 0.2) is 24.3 Å². The van der Waals surface area contributed by atoms with Gasteiger partial charge in [-0.15, -0.1) is 0 Å². The number of anilines is 2. The quantitative estimate of drug-likeness (QED) is 0.835. The molecular weight excluding hydrogens is 248 g/mol. The van der Waals surface area contributed by atoms with Crippen LogP contribution in [0.3, 0.4) is 0 Å². The molecule has 1 aromatic heterocycles. The van der Waals surface area contributed by atoms with Gasteiger partial charge >= 0.3 is 0 Å². The van der Waals surface area contributed by atoms with E-state index >= 15 is 0 Å². The summed E-state index contributed by atoms with van der Waals surface area (Å²) in [5.74, 6) is 2.82. The molecular formula is C16H20N4. The zero-order chi connectivity index (χ0) is 13.5. The van der Waals surface area contributed by atoms with Crippen molar-refractivity contribution < 1.29 is 0 Å². The topological polar surface area (TPSA) is 41.9 Å². The predicted molar refractivity (Wildman–Crippen MR) is 81.4 cm³/mol. The van der Waals surface area contributed by atoms with E-state index in [0.717, 1.165) is 31.9 Å². The molecule has 3 heterocycles. The lowest BCUT2D eigenvalue weighted by Gasteiger charge is -2.26. The highest BCUT2D eigenvalue weighted by molar-refractivity contribution is 5.61. The van der Waals surface area contributed by atoms with Gasteiger partial charge in [-0.25, -0.2) is 4.68 Å². The number of aromatic nitrogens is 2. The zero-order valence-electron chi connectivity index (χ0n) is 11.8. The number of hydrogen-bond acceptors (Lipinski definition) is 3. The van der Waals surface area contributed by atoms with Crippen molar-refractivity contribution in [1.82, 2.24) is 9.78 Å². The molecule has 2 aromatic rings. The van der Waals surface area contributed by atoms with Gasteiger partial charge < -0.3 is 10.6 Å². The first kappa shape index (κ1) is 11.8. The highest BCUT2D eigenvalue weighted by Crippen LogP contribution is 2.33. The van der Waals surface area contributed by atoms with Gasteiger partial charge in [0.2, 0.25) is 0 Å². The van der Waals surface area contributed by atoms with Crippen molar-refractivity contribution >= 4 is 11.6 Å². The minimum Gasteiger partial charge on any atom is -0.369 e. The molecule has 2 aliphatic rings.